The molecule has 0 saturated carbocycles. The first kappa shape index (κ1) is 63.6. The number of hydrogen-bond donors (Lipinski definition) is 0. The highest BCUT2D eigenvalue weighted by Gasteiger charge is 2.49. The molecule has 0 aliphatic carbocycles. The van der Waals surface area contributed by atoms with E-state index >= 15 is 0 Å². The molecule has 1 aromatic heterocycles. The summed E-state index contributed by atoms with van der Waals surface area (Å²) in [6, 6.07) is 155. The maximum Gasteiger partial charge on any atom is 0.256 e. The van der Waals surface area contributed by atoms with E-state index in [1.165, 1.54) is 16.0 Å². The fourth-order valence-corrected chi connectivity index (χ4v) is 28.3. The van der Waals surface area contributed by atoms with Crippen molar-refractivity contribution >= 4 is 120 Å². The van der Waals surface area contributed by atoms with Crippen LogP contribution in [-0.2, 0) is 0 Å². The minimum absolute atomic E-state index is 0.0647. The van der Waals surface area contributed by atoms with Gasteiger partial charge in [0, 0.05) is 33.9 Å². The third-order valence-electron chi connectivity index (χ3n) is 23.5. The summed E-state index contributed by atoms with van der Waals surface area (Å²) in [6.45, 7) is -0.354. The highest BCUT2D eigenvalue weighted by atomic mass is 28.3. The van der Waals surface area contributed by atoms with E-state index < -0.39 is 16.1 Å². The standard InChI is InChI=1S/C108H75BN2OSi2/c1-10-35-76(36-11-1)81-45-34-54-93(68-81)113(89-46-20-6-21-47-89,90-48-22-7-23-49-90)94-69-86(70-95(75-94)114(91-50-24-8-25-51-91,92-52-26-9-27-53-92)107-72-83(77-37-12-2-13-38-77)61-63-96(107)80-43-18-5-19-44-80)82-62-64-105-100(71-82)109-99-57-30-33-60-103(99)111(87-66-84(78-39-14-3-15-40-78)65-85(67-87)79-41-16-4-17-42-79)104-73-88(74-106(112-105)108(104)109)110-101-58-31-28-55-97(101)98-56-29-32-59-102(98)110/h1-75H/i34D,45D,54D,68D. The van der Waals surface area contributed by atoms with E-state index in [-0.39, 0.29) is 30.9 Å². The second-order valence-corrected chi connectivity index (χ2v) is 37.3. The number of para-hydroxylation sites is 3. The Morgan fingerprint density at radius 1 is 0.263 bits per heavy atom. The van der Waals surface area contributed by atoms with Gasteiger partial charge in [-0.1, -0.05) is 400 Å². The van der Waals surface area contributed by atoms with Crippen LogP contribution in [0.15, 0.2) is 455 Å². The van der Waals surface area contributed by atoms with Crippen LogP contribution in [0.5, 0.6) is 11.5 Å². The zero-order valence-electron chi connectivity index (χ0n) is 66.4. The van der Waals surface area contributed by atoms with Gasteiger partial charge >= 0.3 is 0 Å². The fraction of sp³-hybridized carbons (Fsp3) is 0. The van der Waals surface area contributed by atoms with Crippen LogP contribution in [0.25, 0.3) is 94.3 Å². The van der Waals surface area contributed by atoms with E-state index in [9.17, 15) is 5.48 Å². The van der Waals surface area contributed by atoms with Crippen molar-refractivity contribution in [1.29, 1.82) is 0 Å². The van der Waals surface area contributed by atoms with Crippen LogP contribution in [0.2, 0.25) is 0 Å². The van der Waals surface area contributed by atoms with Crippen LogP contribution >= 0.6 is 0 Å². The molecule has 3 heterocycles. The number of anilines is 3. The first-order chi connectivity index (χ1) is 58.2. The van der Waals surface area contributed by atoms with Gasteiger partial charge in [0.25, 0.3) is 6.71 Å². The Hall–Kier alpha value is -14.1. The molecule has 0 bridgehead atoms. The van der Waals surface area contributed by atoms with Gasteiger partial charge in [0.05, 0.1) is 22.2 Å². The molecule has 3 nitrogen and oxygen atoms in total. The Balaban J connectivity index is 0.886. The van der Waals surface area contributed by atoms with Gasteiger partial charge in [-0.2, -0.15) is 0 Å². The Bertz CT molecular complexity index is 6880. The van der Waals surface area contributed by atoms with Crippen molar-refractivity contribution in [2.24, 2.45) is 0 Å². The van der Waals surface area contributed by atoms with Crippen molar-refractivity contribution in [2.75, 3.05) is 4.90 Å². The summed E-state index contributed by atoms with van der Waals surface area (Å²) in [7, 11) is -8.06. The molecule has 0 radical (unpaired) electrons. The van der Waals surface area contributed by atoms with Crippen molar-refractivity contribution in [3.8, 4) is 83.9 Å². The van der Waals surface area contributed by atoms with Crippen molar-refractivity contribution < 1.29 is 10.2 Å². The van der Waals surface area contributed by atoms with Crippen molar-refractivity contribution in [3.63, 3.8) is 0 Å². The molecule has 0 saturated heterocycles. The lowest BCUT2D eigenvalue weighted by Crippen LogP contribution is -2.78. The SMILES string of the molecule is [2H]c1c([2H])c(-c2ccccc2)c([2H])c([Si](c2ccccc2)(c2ccccc2)c2cc(-c3ccc4c(c3)B3c5ccccc5N(c5cc(-c6ccccc6)cc(-c6ccccc6)c5)c5cc(-n6c7ccccc7c7ccccc76)cc(c53)O4)cc([Si](c3ccccc3)(c3ccccc3)c3cc(-c4ccccc4)ccc3-c3ccccc3)c2)c1[2H]. The molecular weight excluding hydrogens is 1410 g/mol. The lowest BCUT2D eigenvalue weighted by molar-refractivity contribution is 0.487. The van der Waals surface area contributed by atoms with Crippen LogP contribution in [0.3, 0.4) is 0 Å². The van der Waals surface area contributed by atoms with Crippen molar-refractivity contribution in [2.45, 2.75) is 0 Å². The predicted octanol–water partition coefficient (Wildman–Crippen LogP) is 19.9. The number of fused-ring (bicyclic) bond motifs is 7. The van der Waals surface area contributed by atoms with E-state index in [2.05, 4.69) is 398 Å². The van der Waals surface area contributed by atoms with E-state index in [1.54, 1.807) is 0 Å². The van der Waals surface area contributed by atoms with Gasteiger partial charge in [0.15, 0.2) is 16.1 Å². The average molecular weight is 1490 g/mol. The molecule has 0 atom stereocenters. The predicted molar refractivity (Wildman–Crippen MR) is 486 cm³/mol. The number of rotatable bonds is 16. The topological polar surface area (TPSA) is 17.4 Å². The minimum Gasteiger partial charge on any atom is -0.458 e. The van der Waals surface area contributed by atoms with Crippen molar-refractivity contribution in [1.82, 2.24) is 4.57 Å². The molecule has 0 unspecified atom stereocenters. The fourth-order valence-electron chi connectivity index (χ4n) is 18.5. The molecule has 18 aromatic carbocycles. The molecule has 534 valence electrons. The molecule has 6 heteroatoms. The van der Waals surface area contributed by atoms with Crippen LogP contribution in [0, 0.1) is 0 Å². The third-order valence-corrected chi connectivity index (χ3v) is 32.9. The van der Waals surface area contributed by atoms with E-state index in [0.29, 0.717) is 16.3 Å². The van der Waals surface area contributed by atoms with Gasteiger partial charge < -0.3 is 14.2 Å². The highest BCUT2D eigenvalue weighted by molar-refractivity contribution is 7.22. The van der Waals surface area contributed by atoms with Gasteiger partial charge in [-0.05, 0) is 173 Å². The van der Waals surface area contributed by atoms with E-state index in [1.807, 2.05) is 42.5 Å². The Kier molecular flexibility index (Phi) is 16.0. The first-order valence-corrected chi connectivity index (χ1v) is 43.1. The maximum absolute atomic E-state index is 11.1. The molecule has 2 aliphatic heterocycles. The van der Waals surface area contributed by atoms with Gasteiger partial charge in [-0.15, -0.1) is 0 Å². The smallest absolute Gasteiger partial charge is 0.256 e. The number of hydrogen-bond acceptors (Lipinski definition) is 2. The summed E-state index contributed by atoms with van der Waals surface area (Å²) in [6.07, 6.45) is 0. The number of benzene rings is 18. The van der Waals surface area contributed by atoms with Crippen LogP contribution in [-0.4, -0.2) is 27.4 Å². The average Bonchev–Trinajstić information content (AvgIpc) is 1.06. The Morgan fingerprint density at radius 2 is 0.702 bits per heavy atom. The molecule has 0 fully saturated rings. The Labute approximate surface area is 673 Å². The summed E-state index contributed by atoms with van der Waals surface area (Å²) in [4.78, 5) is 2.49. The number of ether oxygens (including phenoxy) is 1. The zero-order valence-corrected chi connectivity index (χ0v) is 64.4. The summed E-state index contributed by atoms with van der Waals surface area (Å²) in [5.74, 6) is 1.51. The zero-order chi connectivity index (χ0) is 79.0. The minimum atomic E-state index is -4.21. The second-order valence-electron chi connectivity index (χ2n) is 29.8. The lowest BCUT2D eigenvalue weighted by atomic mass is 9.34. The molecule has 0 N–H and O–H groups in total. The normalized spacial score (nSPS) is 12.7. The van der Waals surface area contributed by atoms with Crippen molar-refractivity contribution in [3.05, 3.63) is 455 Å². The number of nitrogens with zero attached hydrogens (tertiary/aromatic N) is 2. The molecule has 19 aromatic rings. The number of aromatic nitrogens is 1. The van der Waals surface area contributed by atoms with Gasteiger partial charge in [-0.3, -0.25) is 0 Å². The van der Waals surface area contributed by atoms with Crippen LogP contribution in [0.1, 0.15) is 5.48 Å². The summed E-state index contributed by atoms with van der Waals surface area (Å²) >= 11 is 0. The van der Waals surface area contributed by atoms with Gasteiger partial charge in [0.2, 0.25) is 0 Å². The van der Waals surface area contributed by atoms with Gasteiger partial charge in [0.1, 0.15) is 11.5 Å². The molecule has 114 heavy (non-hydrogen) atoms. The lowest BCUT2D eigenvalue weighted by Gasteiger charge is -2.41. The van der Waals surface area contributed by atoms with Gasteiger partial charge in [-0.25, -0.2) is 0 Å². The molecule has 0 amide bonds. The van der Waals surface area contributed by atoms with E-state index in [0.717, 1.165) is 148 Å². The molecular formula is C108H75BN2OSi2. The monoisotopic (exact) mass is 1490 g/mol. The first-order valence-electron chi connectivity index (χ1n) is 41.1. The quantitative estimate of drug-likeness (QED) is 0.0709. The molecule has 2 aliphatic rings. The largest absolute Gasteiger partial charge is 0.458 e. The highest BCUT2D eigenvalue weighted by Crippen LogP contribution is 2.46. The molecule has 21 rings (SSSR count). The summed E-state index contributed by atoms with van der Waals surface area (Å²) in [5.41, 5.74) is 21.0. The Morgan fingerprint density at radius 3 is 1.25 bits per heavy atom. The summed E-state index contributed by atoms with van der Waals surface area (Å²) in [5, 5.41) is 10.1. The third kappa shape index (κ3) is 11.5. The summed E-state index contributed by atoms with van der Waals surface area (Å²) < 4.78 is 52.0. The van der Waals surface area contributed by atoms with Crippen LogP contribution < -0.4 is 67.5 Å². The van der Waals surface area contributed by atoms with Crippen LogP contribution in [0.4, 0.5) is 17.1 Å². The second kappa shape index (κ2) is 28.6. The molecule has 0 spiro atoms. The van der Waals surface area contributed by atoms with E-state index in [4.69, 9.17) is 4.74 Å². The maximum atomic E-state index is 11.1.